The van der Waals surface area contributed by atoms with Crippen LogP contribution in [0.3, 0.4) is 0 Å². The van der Waals surface area contributed by atoms with Gasteiger partial charge in [-0.1, -0.05) is 11.2 Å². The molecule has 0 spiro atoms. The van der Waals surface area contributed by atoms with Gasteiger partial charge < -0.3 is 5.21 Å². The highest BCUT2D eigenvalue weighted by Gasteiger charge is 2.32. The quantitative estimate of drug-likeness (QED) is 0.362. The molecule has 0 fully saturated rings. The van der Waals surface area contributed by atoms with E-state index in [1.165, 1.54) is 12.4 Å². The Morgan fingerprint density at radius 3 is 2.67 bits per heavy atom. The van der Waals surface area contributed by atoms with Gasteiger partial charge >= 0.3 is 6.18 Å². The second-order valence-corrected chi connectivity index (χ2v) is 3.17. The fraction of sp³-hybridized carbons (Fsp3) is 0.111. The van der Waals surface area contributed by atoms with Gasteiger partial charge in [0.05, 0.1) is 0 Å². The van der Waals surface area contributed by atoms with Crippen LogP contribution in [-0.4, -0.2) is 30.8 Å². The number of nitrogens with zero attached hydrogens (tertiary/aromatic N) is 5. The van der Waals surface area contributed by atoms with Gasteiger partial charge in [0.2, 0.25) is 5.84 Å². The minimum Gasteiger partial charge on any atom is -0.409 e. The average Bonchev–Trinajstić information content (AvgIpc) is 2.83. The van der Waals surface area contributed by atoms with Gasteiger partial charge in [-0.2, -0.15) is 23.0 Å². The van der Waals surface area contributed by atoms with E-state index in [9.17, 15) is 13.2 Å². The average molecular weight is 257 g/mol. The van der Waals surface area contributed by atoms with Gasteiger partial charge in [-0.3, -0.25) is 0 Å². The van der Waals surface area contributed by atoms with Gasteiger partial charge in [0.15, 0.2) is 0 Å². The van der Waals surface area contributed by atoms with Crippen LogP contribution >= 0.6 is 0 Å². The molecule has 0 unspecified atom stereocenters. The molecule has 6 nitrogen and oxygen atoms in total. The first-order chi connectivity index (χ1) is 8.52. The number of hydrogen-bond acceptors (Lipinski definition) is 5. The van der Waals surface area contributed by atoms with Crippen molar-refractivity contribution in [1.29, 1.82) is 0 Å². The van der Waals surface area contributed by atoms with E-state index >= 15 is 0 Å². The maximum absolute atomic E-state index is 12.5. The fourth-order valence-corrected chi connectivity index (χ4v) is 1.25. The lowest BCUT2D eigenvalue weighted by Gasteiger charge is -2.08. The smallest absolute Gasteiger partial charge is 0.409 e. The molecular weight excluding hydrogens is 251 g/mol. The molecule has 2 rings (SSSR count). The van der Waals surface area contributed by atoms with Gasteiger partial charge in [0, 0.05) is 0 Å². The second-order valence-electron chi connectivity index (χ2n) is 3.17. The summed E-state index contributed by atoms with van der Waals surface area (Å²) in [5.41, 5.74) is -1.25. The Morgan fingerprint density at radius 2 is 2.11 bits per heavy atom. The molecule has 0 saturated carbocycles. The molecule has 0 aliphatic carbocycles. The highest BCUT2D eigenvalue weighted by Crippen LogP contribution is 2.27. The third-order valence-electron chi connectivity index (χ3n) is 2.00. The summed E-state index contributed by atoms with van der Waals surface area (Å²) in [5.74, 6) is -0.251. The van der Waals surface area contributed by atoms with Crippen LogP contribution in [0.2, 0.25) is 0 Å². The first-order valence-electron chi connectivity index (χ1n) is 4.64. The maximum atomic E-state index is 12.5. The van der Waals surface area contributed by atoms with E-state index in [4.69, 9.17) is 5.21 Å². The minimum absolute atomic E-state index is 0.169. The Bertz CT molecular complexity index is 564. The summed E-state index contributed by atoms with van der Waals surface area (Å²) in [6.07, 6.45) is -2.24. The Labute approximate surface area is 98.4 Å². The first kappa shape index (κ1) is 12.0. The number of alkyl halides is 3. The van der Waals surface area contributed by atoms with E-state index in [1.54, 1.807) is 0 Å². The zero-order chi connectivity index (χ0) is 13.2. The predicted octanol–water partition coefficient (Wildman–Crippen LogP) is 1.38. The standard InChI is InChI=1S/C9H6F3N5O/c10-9(11,12)7-3-1-2-6(15-7)8(16-18)17-5-13-4-14-17/h1-5,18H/b16-8+. The SMILES string of the molecule is O/N=C(\c1cccc(C(F)(F)F)n1)n1cncn1. The molecule has 0 bridgehead atoms. The monoisotopic (exact) mass is 257 g/mol. The van der Waals surface area contributed by atoms with Crippen molar-refractivity contribution in [2.24, 2.45) is 5.16 Å². The summed E-state index contributed by atoms with van der Waals surface area (Å²) in [4.78, 5) is 6.96. The molecule has 94 valence electrons. The predicted molar refractivity (Wildman–Crippen MR) is 53.0 cm³/mol. The minimum atomic E-state index is -4.57. The zero-order valence-corrected chi connectivity index (χ0v) is 8.70. The Morgan fingerprint density at radius 1 is 1.33 bits per heavy atom. The molecule has 0 saturated heterocycles. The van der Waals surface area contributed by atoms with Crippen molar-refractivity contribution in [2.45, 2.75) is 6.18 Å². The highest BCUT2D eigenvalue weighted by atomic mass is 19.4. The molecule has 9 heteroatoms. The Hall–Kier alpha value is -2.45. The largest absolute Gasteiger partial charge is 0.433 e. The van der Waals surface area contributed by atoms with Gasteiger partial charge in [-0.05, 0) is 12.1 Å². The van der Waals surface area contributed by atoms with Crippen LogP contribution in [0.15, 0.2) is 36.0 Å². The molecule has 2 heterocycles. The number of halogens is 3. The van der Waals surface area contributed by atoms with Crippen molar-refractivity contribution in [3.8, 4) is 0 Å². The molecular formula is C9H6F3N5O. The molecule has 2 aromatic rings. The van der Waals surface area contributed by atoms with Crippen molar-refractivity contribution in [3.05, 3.63) is 42.2 Å². The Kier molecular flexibility index (Phi) is 2.96. The molecule has 0 aromatic carbocycles. The molecule has 0 aliphatic heterocycles. The van der Waals surface area contributed by atoms with E-state index in [0.29, 0.717) is 0 Å². The summed E-state index contributed by atoms with van der Waals surface area (Å²) < 4.78 is 38.4. The lowest BCUT2D eigenvalue weighted by atomic mass is 10.3. The zero-order valence-electron chi connectivity index (χ0n) is 8.70. The van der Waals surface area contributed by atoms with Gasteiger partial charge in [0.1, 0.15) is 24.0 Å². The molecule has 0 radical (unpaired) electrons. The molecule has 0 amide bonds. The van der Waals surface area contributed by atoms with Gasteiger partial charge in [0.25, 0.3) is 0 Å². The van der Waals surface area contributed by atoms with Crippen molar-refractivity contribution < 1.29 is 18.4 Å². The van der Waals surface area contributed by atoms with Crippen LogP contribution in [-0.2, 0) is 6.18 Å². The fourth-order valence-electron chi connectivity index (χ4n) is 1.25. The first-order valence-corrected chi connectivity index (χ1v) is 4.64. The van der Waals surface area contributed by atoms with Crippen LogP contribution in [0.1, 0.15) is 11.4 Å². The Balaban J connectivity index is 2.45. The number of hydrogen-bond donors (Lipinski definition) is 1. The van der Waals surface area contributed by atoms with E-state index < -0.39 is 11.9 Å². The van der Waals surface area contributed by atoms with E-state index in [2.05, 4.69) is 20.2 Å². The van der Waals surface area contributed by atoms with Crippen molar-refractivity contribution >= 4 is 5.84 Å². The summed E-state index contributed by atoms with van der Waals surface area (Å²) >= 11 is 0. The molecule has 0 aliphatic rings. The second kappa shape index (κ2) is 4.43. The van der Waals surface area contributed by atoms with Crippen LogP contribution in [0.4, 0.5) is 13.2 Å². The lowest BCUT2D eigenvalue weighted by Crippen LogP contribution is -2.18. The van der Waals surface area contributed by atoms with Crippen LogP contribution in [0.5, 0.6) is 0 Å². The van der Waals surface area contributed by atoms with Gasteiger partial charge in [-0.15, -0.1) is 0 Å². The molecule has 1 N–H and O–H groups in total. The van der Waals surface area contributed by atoms with Crippen LogP contribution < -0.4 is 0 Å². The number of pyridine rings is 1. The lowest BCUT2D eigenvalue weighted by molar-refractivity contribution is -0.141. The number of rotatable bonds is 1. The number of oxime groups is 1. The summed E-state index contributed by atoms with van der Waals surface area (Å²) in [6, 6.07) is 3.25. The van der Waals surface area contributed by atoms with Crippen LogP contribution in [0, 0.1) is 0 Å². The van der Waals surface area contributed by atoms with Crippen LogP contribution in [0.25, 0.3) is 0 Å². The normalized spacial score (nSPS) is 12.7. The van der Waals surface area contributed by atoms with E-state index in [1.807, 2.05) is 0 Å². The summed E-state index contributed by atoms with van der Waals surface area (Å²) in [5, 5.41) is 15.3. The molecule has 2 aromatic heterocycles. The van der Waals surface area contributed by atoms with Gasteiger partial charge in [-0.25, -0.2) is 9.97 Å². The van der Waals surface area contributed by atoms with Crippen molar-refractivity contribution in [2.75, 3.05) is 0 Å². The molecule has 0 atom stereocenters. The van der Waals surface area contributed by atoms with Crippen molar-refractivity contribution in [3.63, 3.8) is 0 Å². The third kappa shape index (κ3) is 2.29. The maximum Gasteiger partial charge on any atom is 0.433 e. The summed E-state index contributed by atoms with van der Waals surface area (Å²) in [7, 11) is 0. The van der Waals surface area contributed by atoms with E-state index in [-0.39, 0.29) is 11.5 Å². The van der Waals surface area contributed by atoms with E-state index in [0.717, 1.165) is 23.1 Å². The highest BCUT2D eigenvalue weighted by molar-refractivity contribution is 5.97. The number of aromatic nitrogens is 4. The topological polar surface area (TPSA) is 76.2 Å². The van der Waals surface area contributed by atoms with Crippen molar-refractivity contribution in [1.82, 2.24) is 19.7 Å². The summed E-state index contributed by atoms with van der Waals surface area (Å²) in [6.45, 7) is 0. The third-order valence-corrected chi connectivity index (χ3v) is 2.00. The molecule has 18 heavy (non-hydrogen) atoms.